The van der Waals surface area contributed by atoms with Gasteiger partial charge in [0.15, 0.2) is 0 Å². The second-order valence-corrected chi connectivity index (χ2v) is 5.40. The SMILES string of the molecule is CC(NC(=O)CCc1ccc(Cl)cc1)c1ccc(F)cc1. The zero-order valence-corrected chi connectivity index (χ0v) is 12.5. The number of amides is 1. The summed E-state index contributed by atoms with van der Waals surface area (Å²) in [5.74, 6) is -0.304. The van der Waals surface area contributed by atoms with Crippen molar-refractivity contribution in [1.29, 1.82) is 0 Å². The van der Waals surface area contributed by atoms with E-state index in [1.807, 2.05) is 31.2 Å². The van der Waals surface area contributed by atoms with Crippen LogP contribution >= 0.6 is 11.6 Å². The highest BCUT2D eigenvalue weighted by Crippen LogP contribution is 2.14. The van der Waals surface area contributed by atoms with Gasteiger partial charge in [0.2, 0.25) is 5.91 Å². The Balaban J connectivity index is 1.83. The summed E-state index contributed by atoms with van der Waals surface area (Å²) >= 11 is 5.82. The van der Waals surface area contributed by atoms with Gasteiger partial charge in [-0.15, -0.1) is 0 Å². The normalized spacial score (nSPS) is 12.0. The molecule has 110 valence electrons. The molecule has 0 radical (unpaired) electrons. The van der Waals surface area contributed by atoms with Crippen molar-refractivity contribution >= 4 is 17.5 Å². The van der Waals surface area contributed by atoms with E-state index in [4.69, 9.17) is 11.6 Å². The van der Waals surface area contributed by atoms with Crippen LogP contribution in [0.4, 0.5) is 4.39 Å². The van der Waals surface area contributed by atoms with E-state index in [1.165, 1.54) is 12.1 Å². The van der Waals surface area contributed by atoms with E-state index in [9.17, 15) is 9.18 Å². The summed E-state index contributed by atoms with van der Waals surface area (Å²) in [4.78, 5) is 11.9. The Morgan fingerprint density at radius 3 is 2.38 bits per heavy atom. The summed E-state index contributed by atoms with van der Waals surface area (Å²) in [6.45, 7) is 1.88. The molecule has 0 heterocycles. The lowest BCUT2D eigenvalue weighted by molar-refractivity contribution is -0.121. The van der Waals surface area contributed by atoms with Crippen LogP contribution < -0.4 is 5.32 Å². The molecule has 1 unspecified atom stereocenters. The van der Waals surface area contributed by atoms with Gasteiger partial charge in [0, 0.05) is 11.4 Å². The average molecular weight is 306 g/mol. The van der Waals surface area contributed by atoms with E-state index in [0.29, 0.717) is 17.9 Å². The first kappa shape index (κ1) is 15.5. The molecule has 0 fully saturated rings. The number of carbonyl (C=O) groups is 1. The number of halogens is 2. The fraction of sp³-hybridized carbons (Fsp3) is 0.235. The van der Waals surface area contributed by atoms with Crippen molar-refractivity contribution in [2.45, 2.75) is 25.8 Å². The standard InChI is InChI=1S/C17H17ClFNO/c1-12(14-5-9-16(19)10-6-14)20-17(21)11-4-13-2-7-15(18)8-3-13/h2-3,5-10,12H,4,11H2,1H3,(H,20,21). The summed E-state index contributed by atoms with van der Waals surface area (Å²) in [5, 5.41) is 3.60. The highest BCUT2D eigenvalue weighted by atomic mass is 35.5. The number of nitrogens with one attached hydrogen (secondary N) is 1. The van der Waals surface area contributed by atoms with Crippen LogP contribution in [-0.2, 0) is 11.2 Å². The van der Waals surface area contributed by atoms with Crippen molar-refractivity contribution in [3.05, 3.63) is 70.5 Å². The van der Waals surface area contributed by atoms with Crippen LogP contribution in [0.3, 0.4) is 0 Å². The van der Waals surface area contributed by atoms with Crippen molar-refractivity contribution in [2.75, 3.05) is 0 Å². The molecule has 4 heteroatoms. The van der Waals surface area contributed by atoms with Crippen LogP contribution in [0.5, 0.6) is 0 Å². The molecule has 0 saturated heterocycles. The van der Waals surface area contributed by atoms with E-state index in [2.05, 4.69) is 5.32 Å². The zero-order chi connectivity index (χ0) is 15.2. The first-order chi connectivity index (χ1) is 10.0. The van der Waals surface area contributed by atoms with Crippen molar-refractivity contribution in [3.8, 4) is 0 Å². The van der Waals surface area contributed by atoms with Gasteiger partial charge in [-0.2, -0.15) is 0 Å². The number of aryl methyl sites for hydroxylation is 1. The topological polar surface area (TPSA) is 29.1 Å². The first-order valence-corrected chi connectivity index (χ1v) is 7.21. The maximum absolute atomic E-state index is 12.9. The maximum Gasteiger partial charge on any atom is 0.220 e. The van der Waals surface area contributed by atoms with Crippen LogP contribution in [0.25, 0.3) is 0 Å². The Labute approximate surface area is 128 Å². The summed E-state index contributed by atoms with van der Waals surface area (Å²) in [6.07, 6.45) is 1.08. The van der Waals surface area contributed by atoms with Gasteiger partial charge in [-0.25, -0.2) is 4.39 Å². The van der Waals surface area contributed by atoms with Gasteiger partial charge in [-0.1, -0.05) is 35.9 Å². The quantitative estimate of drug-likeness (QED) is 0.877. The largest absolute Gasteiger partial charge is 0.350 e. The predicted molar refractivity (Wildman–Crippen MR) is 82.7 cm³/mol. The second-order valence-electron chi connectivity index (χ2n) is 4.97. The van der Waals surface area contributed by atoms with Crippen molar-refractivity contribution in [3.63, 3.8) is 0 Å². The molecular weight excluding hydrogens is 289 g/mol. The van der Waals surface area contributed by atoms with Crippen molar-refractivity contribution in [2.24, 2.45) is 0 Å². The smallest absolute Gasteiger partial charge is 0.220 e. The maximum atomic E-state index is 12.9. The van der Waals surface area contributed by atoms with Gasteiger partial charge < -0.3 is 5.32 Å². The molecule has 0 aliphatic heterocycles. The Kier molecular flexibility index (Phi) is 5.34. The third-order valence-electron chi connectivity index (χ3n) is 3.30. The lowest BCUT2D eigenvalue weighted by Crippen LogP contribution is -2.26. The van der Waals surface area contributed by atoms with E-state index in [1.54, 1.807) is 12.1 Å². The molecule has 1 N–H and O–H groups in total. The molecule has 2 aromatic rings. The Hall–Kier alpha value is -1.87. The van der Waals surface area contributed by atoms with Crippen LogP contribution in [0, 0.1) is 5.82 Å². The van der Waals surface area contributed by atoms with E-state index in [0.717, 1.165) is 11.1 Å². The summed E-state index contributed by atoms with van der Waals surface area (Å²) in [7, 11) is 0. The molecule has 2 nitrogen and oxygen atoms in total. The number of rotatable bonds is 5. The highest BCUT2D eigenvalue weighted by Gasteiger charge is 2.09. The molecule has 1 amide bonds. The van der Waals surface area contributed by atoms with E-state index < -0.39 is 0 Å². The summed E-state index contributed by atoms with van der Waals surface area (Å²) in [6, 6.07) is 13.5. The molecule has 0 aliphatic carbocycles. The van der Waals surface area contributed by atoms with Gasteiger partial charge in [0.1, 0.15) is 5.82 Å². The molecule has 2 rings (SSSR count). The van der Waals surface area contributed by atoms with Crippen molar-refractivity contribution < 1.29 is 9.18 Å². The molecule has 0 spiro atoms. The minimum absolute atomic E-state index is 0.0261. The van der Waals surface area contributed by atoms with Gasteiger partial charge in [-0.3, -0.25) is 4.79 Å². The molecular formula is C17H17ClFNO. The van der Waals surface area contributed by atoms with Gasteiger partial charge in [0.05, 0.1) is 6.04 Å². The number of hydrogen-bond donors (Lipinski definition) is 1. The number of hydrogen-bond acceptors (Lipinski definition) is 1. The fourth-order valence-corrected chi connectivity index (χ4v) is 2.18. The monoisotopic (exact) mass is 305 g/mol. The van der Waals surface area contributed by atoms with E-state index in [-0.39, 0.29) is 17.8 Å². The molecule has 21 heavy (non-hydrogen) atoms. The van der Waals surface area contributed by atoms with Crippen LogP contribution in [0.15, 0.2) is 48.5 Å². The van der Waals surface area contributed by atoms with Gasteiger partial charge in [0.25, 0.3) is 0 Å². The summed E-state index contributed by atoms with van der Waals surface area (Å²) in [5.41, 5.74) is 1.96. The number of carbonyl (C=O) groups excluding carboxylic acids is 1. The lowest BCUT2D eigenvalue weighted by Gasteiger charge is -2.14. The number of benzene rings is 2. The van der Waals surface area contributed by atoms with E-state index >= 15 is 0 Å². The molecule has 1 atom stereocenters. The molecule has 0 aromatic heterocycles. The fourth-order valence-electron chi connectivity index (χ4n) is 2.06. The molecule has 0 aliphatic rings. The third-order valence-corrected chi connectivity index (χ3v) is 3.55. The minimum atomic E-state index is -0.278. The molecule has 0 bridgehead atoms. The first-order valence-electron chi connectivity index (χ1n) is 6.84. The second kappa shape index (κ2) is 7.23. The predicted octanol–water partition coefficient (Wildman–Crippen LogP) is 4.29. The van der Waals surface area contributed by atoms with Crippen LogP contribution in [0.1, 0.15) is 30.5 Å². The lowest BCUT2D eigenvalue weighted by atomic mass is 10.1. The minimum Gasteiger partial charge on any atom is -0.350 e. The van der Waals surface area contributed by atoms with Crippen LogP contribution in [-0.4, -0.2) is 5.91 Å². The molecule has 2 aromatic carbocycles. The van der Waals surface area contributed by atoms with Gasteiger partial charge >= 0.3 is 0 Å². The van der Waals surface area contributed by atoms with Crippen LogP contribution in [0.2, 0.25) is 5.02 Å². The average Bonchev–Trinajstić information content (AvgIpc) is 2.47. The Bertz CT molecular complexity index is 595. The highest BCUT2D eigenvalue weighted by molar-refractivity contribution is 6.30. The van der Waals surface area contributed by atoms with Gasteiger partial charge in [-0.05, 0) is 48.7 Å². The van der Waals surface area contributed by atoms with Crippen molar-refractivity contribution in [1.82, 2.24) is 5.32 Å². The Morgan fingerprint density at radius 2 is 1.76 bits per heavy atom. The molecule has 0 saturated carbocycles. The summed E-state index contributed by atoms with van der Waals surface area (Å²) < 4.78 is 12.9. The Morgan fingerprint density at radius 1 is 1.14 bits per heavy atom. The third kappa shape index (κ3) is 4.87. The zero-order valence-electron chi connectivity index (χ0n) is 11.8.